The van der Waals surface area contributed by atoms with Gasteiger partial charge in [-0.1, -0.05) is 42.3 Å². The maximum absolute atomic E-state index is 12.0. The predicted octanol–water partition coefficient (Wildman–Crippen LogP) is 4.51. The molecule has 9 heteroatoms. The van der Waals surface area contributed by atoms with E-state index < -0.39 is 16.1 Å². The summed E-state index contributed by atoms with van der Waals surface area (Å²) in [4.78, 5) is 12.0. The summed E-state index contributed by atoms with van der Waals surface area (Å²) in [6.45, 7) is 2.18. The second kappa shape index (κ2) is 9.82. The van der Waals surface area contributed by atoms with Crippen LogP contribution in [0.1, 0.15) is 18.9 Å². The molecule has 3 N–H and O–H groups in total. The van der Waals surface area contributed by atoms with E-state index >= 15 is 0 Å². The van der Waals surface area contributed by atoms with Crippen molar-refractivity contribution < 1.29 is 13.2 Å². The third-order valence-corrected chi connectivity index (χ3v) is 5.64. The van der Waals surface area contributed by atoms with Gasteiger partial charge in [0.2, 0.25) is 10.0 Å². The maximum atomic E-state index is 12.0. The van der Waals surface area contributed by atoms with Crippen molar-refractivity contribution in [1.29, 1.82) is 0 Å². The Kier molecular flexibility index (Phi) is 7.77. The van der Waals surface area contributed by atoms with Crippen LogP contribution in [0.4, 0.5) is 16.2 Å². The summed E-state index contributed by atoms with van der Waals surface area (Å²) in [6, 6.07) is 11.3. The quantitative estimate of drug-likeness (QED) is 0.576. The predicted molar refractivity (Wildman–Crippen MR) is 111 cm³/mol. The van der Waals surface area contributed by atoms with Gasteiger partial charge >= 0.3 is 6.03 Å². The van der Waals surface area contributed by atoms with E-state index in [1.54, 1.807) is 43.3 Å². The SMILES string of the molecule is CCCS(=O)(=O)Nc1cccc(NC(=O)NCCc2ccc(Cl)cc2Cl)c1. The average Bonchev–Trinajstić information content (AvgIpc) is 2.56. The molecule has 0 spiro atoms. The highest BCUT2D eigenvalue weighted by molar-refractivity contribution is 7.92. The number of hydrogen-bond donors (Lipinski definition) is 3. The van der Waals surface area contributed by atoms with E-state index in [2.05, 4.69) is 15.4 Å². The molecule has 0 atom stereocenters. The number of carbonyl (C=O) groups is 1. The molecule has 0 saturated carbocycles. The van der Waals surface area contributed by atoms with Gasteiger partial charge in [0.05, 0.1) is 11.4 Å². The molecule has 0 fully saturated rings. The van der Waals surface area contributed by atoms with Crippen LogP contribution in [0.3, 0.4) is 0 Å². The summed E-state index contributed by atoms with van der Waals surface area (Å²) in [5, 5.41) is 6.51. The Morgan fingerprint density at radius 2 is 1.81 bits per heavy atom. The summed E-state index contributed by atoms with van der Waals surface area (Å²) >= 11 is 12.0. The Balaban J connectivity index is 1.87. The van der Waals surface area contributed by atoms with Crippen molar-refractivity contribution in [2.75, 3.05) is 22.3 Å². The second-order valence-corrected chi connectivity index (χ2v) is 8.55. The molecule has 0 saturated heterocycles. The number of sulfonamides is 1. The molecule has 0 bridgehead atoms. The number of halogens is 2. The molecule has 0 aliphatic rings. The van der Waals surface area contributed by atoms with Crippen molar-refractivity contribution in [3.8, 4) is 0 Å². The fraction of sp³-hybridized carbons (Fsp3) is 0.278. The monoisotopic (exact) mass is 429 g/mol. The van der Waals surface area contributed by atoms with Gasteiger partial charge in [0.1, 0.15) is 0 Å². The molecule has 0 aliphatic heterocycles. The summed E-state index contributed by atoms with van der Waals surface area (Å²) in [6.07, 6.45) is 1.08. The number of amides is 2. The Morgan fingerprint density at radius 3 is 2.52 bits per heavy atom. The van der Waals surface area contributed by atoms with E-state index in [1.165, 1.54) is 0 Å². The average molecular weight is 430 g/mol. The lowest BCUT2D eigenvalue weighted by Gasteiger charge is -2.11. The van der Waals surface area contributed by atoms with Gasteiger partial charge in [0.25, 0.3) is 0 Å². The third kappa shape index (κ3) is 7.28. The van der Waals surface area contributed by atoms with Gasteiger partial charge in [-0.25, -0.2) is 13.2 Å². The van der Waals surface area contributed by atoms with Crippen molar-refractivity contribution in [2.24, 2.45) is 0 Å². The summed E-state index contributed by atoms with van der Waals surface area (Å²) in [7, 11) is -3.38. The van der Waals surface area contributed by atoms with Crippen LogP contribution in [-0.4, -0.2) is 26.7 Å². The Hall–Kier alpha value is -1.96. The molecule has 0 unspecified atom stereocenters. The summed E-state index contributed by atoms with van der Waals surface area (Å²) in [5.74, 6) is 0.0401. The van der Waals surface area contributed by atoms with Crippen LogP contribution in [0, 0.1) is 0 Å². The van der Waals surface area contributed by atoms with Crippen LogP contribution in [0.25, 0.3) is 0 Å². The fourth-order valence-electron chi connectivity index (χ4n) is 2.37. The van der Waals surface area contributed by atoms with Crippen LogP contribution >= 0.6 is 23.2 Å². The zero-order chi connectivity index (χ0) is 19.9. The Morgan fingerprint density at radius 1 is 1.07 bits per heavy atom. The molecule has 2 rings (SSSR count). The molecule has 146 valence electrons. The van der Waals surface area contributed by atoms with Crippen LogP contribution in [0.15, 0.2) is 42.5 Å². The van der Waals surface area contributed by atoms with Crippen molar-refractivity contribution >= 4 is 50.6 Å². The van der Waals surface area contributed by atoms with E-state index in [4.69, 9.17) is 23.2 Å². The van der Waals surface area contributed by atoms with E-state index in [9.17, 15) is 13.2 Å². The van der Waals surface area contributed by atoms with Gasteiger partial charge < -0.3 is 10.6 Å². The zero-order valence-corrected chi connectivity index (χ0v) is 17.1. The number of rotatable bonds is 8. The maximum Gasteiger partial charge on any atom is 0.319 e. The second-order valence-electron chi connectivity index (χ2n) is 5.87. The van der Waals surface area contributed by atoms with Crippen LogP contribution in [0.2, 0.25) is 10.0 Å². The number of nitrogens with one attached hydrogen (secondary N) is 3. The van der Waals surface area contributed by atoms with E-state index in [1.807, 2.05) is 6.07 Å². The Bertz CT molecular complexity index is 904. The lowest BCUT2D eigenvalue weighted by molar-refractivity contribution is 0.252. The Labute approximate surface area is 169 Å². The minimum Gasteiger partial charge on any atom is -0.338 e. The highest BCUT2D eigenvalue weighted by Gasteiger charge is 2.10. The van der Waals surface area contributed by atoms with Gasteiger partial charge in [-0.3, -0.25) is 4.72 Å². The van der Waals surface area contributed by atoms with Crippen LogP contribution in [0.5, 0.6) is 0 Å². The number of carbonyl (C=O) groups excluding carboxylic acids is 1. The van der Waals surface area contributed by atoms with Gasteiger partial charge in [0.15, 0.2) is 0 Å². The molecule has 27 heavy (non-hydrogen) atoms. The van der Waals surface area contributed by atoms with Gasteiger partial charge in [-0.2, -0.15) is 0 Å². The van der Waals surface area contributed by atoms with Crippen LogP contribution < -0.4 is 15.4 Å². The van der Waals surface area contributed by atoms with E-state index in [-0.39, 0.29) is 5.75 Å². The molecule has 6 nitrogen and oxygen atoms in total. The molecule has 0 aliphatic carbocycles. The normalized spacial score (nSPS) is 11.1. The standard InChI is InChI=1S/C18H21Cl2N3O3S/c1-2-10-27(25,26)23-16-5-3-4-15(12-16)22-18(24)21-9-8-13-6-7-14(19)11-17(13)20/h3-7,11-12,23H,2,8-10H2,1H3,(H2,21,22,24). The minimum absolute atomic E-state index is 0.0401. The summed E-state index contributed by atoms with van der Waals surface area (Å²) < 4.78 is 26.1. The first-order chi connectivity index (χ1) is 12.8. The highest BCUT2D eigenvalue weighted by Crippen LogP contribution is 2.21. The number of urea groups is 1. The molecule has 0 heterocycles. The molecule has 0 aromatic heterocycles. The largest absolute Gasteiger partial charge is 0.338 e. The zero-order valence-electron chi connectivity index (χ0n) is 14.8. The topological polar surface area (TPSA) is 87.3 Å². The summed E-state index contributed by atoms with van der Waals surface area (Å²) in [5.41, 5.74) is 1.76. The number of hydrogen-bond acceptors (Lipinski definition) is 3. The van der Waals surface area contributed by atoms with Crippen molar-refractivity contribution in [2.45, 2.75) is 19.8 Å². The minimum atomic E-state index is -3.38. The molecule has 2 amide bonds. The first kappa shape index (κ1) is 21.3. The van der Waals surface area contributed by atoms with Crippen molar-refractivity contribution in [1.82, 2.24) is 5.32 Å². The van der Waals surface area contributed by atoms with Gasteiger partial charge in [0, 0.05) is 22.3 Å². The number of anilines is 2. The lowest BCUT2D eigenvalue weighted by Crippen LogP contribution is -2.30. The molecular weight excluding hydrogens is 409 g/mol. The van der Waals surface area contributed by atoms with E-state index in [0.29, 0.717) is 40.8 Å². The van der Waals surface area contributed by atoms with E-state index in [0.717, 1.165) is 5.56 Å². The molecule has 2 aromatic carbocycles. The molecular formula is C18H21Cl2N3O3S. The molecule has 2 aromatic rings. The van der Waals surface area contributed by atoms with Crippen molar-refractivity contribution in [3.05, 3.63) is 58.1 Å². The van der Waals surface area contributed by atoms with Gasteiger partial charge in [-0.15, -0.1) is 0 Å². The van der Waals surface area contributed by atoms with Gasteiger partial charge in [-0.05, 0) is 48.7 Å². The first-order valence-electron chi connectivity index (χ1n) is 8.38. The highest BCUT2D eigenvalue weighted by atomic mass is 35.5. The van der Waals surface area contributed by atoms with Crippen molar-refractivity contribution in [3.63, 3.8) is 0 Å². The molecule has 0 radical (unpaired) electrons. The number of benzene rings is 2. The lowest BCUT2D eigenvalue weighted by atomic mass is 10.1. The third-order valence-electron chi connectivity index (χ3n) is 3.56. The van der Waals surface area contributed by atoms with Crippen LogP contribution in [-0.2, 0) is 16.4 Å². The fourth-order valence-corrected chi connectivity index (χ4v) is 4.00. The first-order valence-corrected chi connectivity index (χ1v) is 10.8. The smallest absolute Gasteiger partial charge is 0.319 e.